The standard InChI is InChI=1S/C15H20F3NO2.C9H6F4O/c1-9(2)6-12(8-20)19-11-4-5-13(10(3)21)14(7-11)15(16,17)18;1-5(14)7-3-2-6(10)4-8(7)9(11,12)13/h4-5,7,9,12,19-20H,6,8H2,1-3H3;2-4H,1H3/t12-;/m0./s1. The summed E-state index contributed by atoms with van der Waals surface area (Å²) in [7, 11) is 0. The number of carbonyl (C=O) groups is 2. The lowest BCUT2D eigenvalue weighted by atomic mass is 10.0. The van der Waals surface area contributed by atoms with Crippen molar-refractivity contribution >= 4 is 17.3 Å². The van der Waals surface area contributed by atoms with Crippen LogP contribution in [0.15, 0.2) is 36.4 Å². The van der Waals surface area contributed by atoms with Crippen molar-refractivity contribution in [3.05, 3.63) is 64.5 Å². The van der Waals surface area contributed by atoms with Gasteiger partial charge in [-0.3, -0.25) is 9.59 Å². The molecule has 0 spiro atoms. The maximum atomic E-state index is 13.0. The van der Waals surface area contributed by atoms with E-state index < -0.39 is 46.4 Å². The van der Waals surface area contributed by atoms with Crippen molar-refractivity contribution in [3.63, 3.8) is 0 Å². The number of aliphatic hydroxyl groups is 1. The van der Waals surface area contributed by atoms with Crippen LogP contribution in [0.1, 0.15) is 66.0 Å². The van der Waals surface area contributed by atoms with Gasteiger partial charge < -0.3 is 10.4 Å². The highest BCUT2D eigenvalue weighted by molar-refractivity contribution is 5.96. The summed E-state index contributed by atoms with van der Waals surface area (Å²) in [4.78, 5) is 22.1. The second-order valence-electron chi connectivity index (χ2n) is 8.21. The van der Waals surface area contributed by atoms with Crippen molar-refractivity contribution in [2.45, 2.75) is 52.5 Å². The third-order valence-electron chi connectivity index (χ3n) is 4.72. The van der Waals surface area contributed by atoms with Crippen LogP contribution in [-0.4, -0.2) is 29.3 Å². The number of hydrogen-bond donors (Lipinski definition) is 2. The Labute approximate surface area is 198 Å². The highest BCUT2D eigenvalue weighted by Crippen LogP contribution is 2.34. The van der Waals surface area contributed by atoms with E-state index in [1.165, 1.54) is 6.07 Å². The Bertz CT molecular complexity index is 1030. The Morgan fingerprint density at radius 2 is 1.31 bits per heavy atom. The lowest BCUT2D eigenvalue weighted by Crippen LogP contribution is -2.26. The number of rotatable bonds is 7. The lowest BCUT2D eigenvalue weighted by molar-refractivity contribution is -0.138. The minimum Gasteiger partial charge on any atom is -0.394 e. The molecule has 2 aromatic carbocycles. The van der Waals surface area contributed by atoms with Gasteiger partial charge in [0.05, 0.1) is 17.7 Å². The van der Waals surface area contributed by atoms with E-state index in [2.05, 4.69) is 5.32 Å². The normalized spacial score (nSPS) is 12.6. The minimum absolute atomic E-state index is 0.173. The van der Waals surface area contributed by atoms with Crippen LogP contribution in [0.3, 0.4) is 0 Å². The molecule has 2 rings (SSSR count). The molecule has 0 saturated carbocycles. The van der Waals surface area contributed by atoms with Crippen molar-refractivity contribution in [1.29, 1.82) is 0 Å². The zero-order valence-corrected chi connectivity index (χ0v) is 19.4. The quantitative estimate of drug-likeness (QED) is 0.319. The summed E-state index contributed by atoms with van der Waals surface area (Å²) < 4.78 is 88.3. The van der Waals surface area contributed by atoms with Crippen LogP contribution in [0, 0.1) is 11.7 Å². The van der Waals surface area contributed by atoms with Crippen molar-refractivity contribution in [3.8, 4) is 0 Å². The summed E-state index contributed by atoms with van der Waals surface area (Å²) >= 11 is 0. The van der Waals surface area contributed by atoms with Crippen LogP contribution in [0.2, 0.25) is 0 Å². The second-order valence-corrected chi connectivity index (χ2v) is 8.21. The van der Waals surface area contributed by atoms with Gasteiger partial charge in [-0.1, -0.05) is 13.8 Å². The summed E-state index contributed by atoms with van der Waals surface area (Å²) in [6, 6.07) is 5.16. The number of halogens is 7. The minimum atomic E-state index is -4.71. The van der Waals surface area contributed by atoms with Crippen LogP contribution in [0.4, 0.5) is 36.4 Å². The predicted octanol–water partition coefficient (Wildman–Crippen LogP) is 6.77. The summed E-state index contributed by atoms with van der Waals surface area (Å²) in [6.07, 6.45) is -8.67. The molecule has 0 bridgehead atoms. The SMILES string of the molecule is CC(=O)c1ccc(F)cc1C(F)(F)F.CC(=O)c1ccc(N[C@H](CO)CC(C)C)cc1C(F)(F)F. The molecule has 0 radical (unpaired) electrons. The third kappa shape index (κ3) is 9.31. The number of ketones is 2. The first-order valence-corrected chi connectivity index (χ1v) is 10.4. The van der Waals surface area contributed by atoms with Crippen LogP contribution in [0.25, 0.3) is 0 Å². The maximum Gasteiger partial charge on any atom is 0.417 e. The number of nitrogens with one attached hydrogen (secondary N) is 1. The van der Waals surface area contributed by atoms with E-state index in [4.69, 9.17) is 0 Å². The molecule has 11 heteroatoms. The van der Waals surface area contributed by atoms with Crippen molar-refractivity contribution in [2.24, 2.45) is 5.92 Å². The predicted molar refractivity (Wildman–Crippen MR) is 117 cm³/mol. The molecule has 0 fully saturated rings. The molecule has 0 aliphatic carbocycles. The summed E-state index contributed by atoms with van der Waals surface area (Å²) in [6.45, 7) is 5.86. The number of Topliss-reactive ketones (excluding diaryl/α,β-unsaturated/α-hetero) is 2. The van der Waals surface area contributed by atoms with Gasteiger partial charge >= 0.3 is 12.4 Å². The van der Waals surface area contributed by atoms with Gasteiger partial charge in [0.25, 0.3) is 0 Å². The fourth-order valence-electron chi connectivity index (χ4n) is 3.22. The first-order chi connectivity index (χ1) is 16.0. The molecule has 0 unspecified atom stereocenters. The van der Waals surface area contributed by atoms with Gasteiger partial charge in [0.1, 0.15) is 5.82 Å². The molecule has 0 heterocycles. The molecule has 0 aliphatic heterocycles. The van der Waals surface area contributed by atoms with Gasteiger partial charge in [0, 0.05) is 22.9 Å². The maximum absolute atomic E-state index is 13.0. The number of benzene rings is 2. The largest absolute Gasteiger partial charge is 0.417 e. The second kappa shape index (κ2) is 12.1. The summed E-state index contributed by atoms with van der Waals surface area (Å²) in [5, 5.41) is 12.1. The van der Waals surface area contributed by atoms with E-state index in [1.807, 2.05) is 13.8 Å². The summed E-state index contributed by atoms with van der Waals surface area (Å²) in [5.41, 5.74) is -2.81. The van der Waals surface area contributed by atoms with E-state index in [1.54, 1.807) is 0 Å². The molecule has 0 amide bonds. The summed E-state index contributed by atoms with van der Waals surface area (Å²) in [5.74, 6) is -2.08. The number of aliphatic hydroxyl groups excluding tert-OH is 1. The van der Waals surface area contributed by atoms with Crippen molar-refractivity contribution in [2.75, 3.05) is 11.9 Å². The fraction of sp³-hybridized carbons (Fsp3) is 0.417. The monoisotopic (exact) mass is 509 g/mol. The number of carbonyl (C=O) groups excluding carboxylic acids is 2. The smallest absolute Gasteiger partial charge is 0.394 e. The van der Waals surface area contributed by atoms with Gasteiger partial charge in [-0.15, -0.1) is 0 Å². The Hall–Kier alpha value is -2.95. The van der Waals surface area contributed by atoms with E-state index in [0.717, 1.165) is 38.1 Å². The highest BCUT2D eigenvalue weighted by Gasteiger charge is 2.35. The van der Waals surface area contributed by atoms with Crippen molar-refractivity contribution < 1.29 is 45.4 Å². The Kier molecular flexibility index (Phi) is 10.4. The first-order valence-electron chi connectivity index (χ1n) is 10.4. The van der Waals surface area contributed by atoms with Crippen LogP contribution in [-0.2, 0) is 12.4 Å². The molecule has 0 aromatic heterocycles. The Morgan fingerprint density at radius 3 is 1.71 bits per heavy atom. The number of alkyl halides is 6. The zero-order chi connectivity index (χ0) is 27.1. The Morgan fingerprint density at radius 1 is 0.857 bits per heavy atom. The molecule has 0 aliphatic rings. The molecule has 2 N–H and O–H groups in total. The average Bonchev–Trinajstić information content (AvgIpc) is 2.71. The molecular weight excluding hydrogens is 483 g/mol. The van der Waals surface area contributed by atoms with Crippen LogP contribution >= 0.6 is 0 Å². The van der Waals surface area contributed by atoms with Gasteiger partial charge in [0.2, 0.25) is 0 Å². The van der Waals surface area contributed by atoms with Gasteiger partial charge in [-0.05, 0) is 62.6 Å². The van der Waals surface area contributed by atoms with Crippen LogP contribution < -0.4 is 5.32 Å². The molecular formula is C24H26F7NO3. The number of anilines is 1. The van der Waals surface area contributed by atoms with Gasteiger partial charge in [-0.2, -0.15) is 26.3 Å². The third-order valence-corrected chi connectivity index (χ3v) is 4.72. The van der Waals surface area contributed by atoms with E-state index in [0.29, 0.717) is 18.4 Å². The van der Waals surface area contributed by atoms with E-state index in [-0.39, 0.29) is 23.9 Å². The Balaban J connectivity index is 0.000000379. The molecule has 0 saturated heterocycles. The first kappa shape index (κ1) is 30.1. The fourth-order valence-corrected chi connectivity index (χ4v) is 3.22. The van der Waals surface area contributed by atoms with Crippen molar-refractivity contribution in [1.82, 2.24) is 0 Å². The average molecular weight is 509 g/mol. The topological polar surface area (TPSA) is 66.4 Å². The van der Waals surface area contributed by atoms with E-state index in [9.17, 15) is 45.4 Å². The number of hydrogen-bond acceptors (Lipinski definition) is 4. The van der Waals surface area contributed by atoms with Gasteiger partial charge in [-0.25, -0.2) is 4.39 Å². The van der Waals surface area contributed by atoms with Gasteiger partial charge in [0.15, 0.2) is 11.6 Å². The van der Waals surface area contributed by atoms with Crippen LogP contribution in [0.5, 0.6) is 0 Å². The molecule has 194 valence electrons. The molecule has 4 nitrogen and oxygen atoms in total. The van der Waals surface area contributed by atoms with E-state index >= 15 is 0 Å². The molecule has 2 aromatic rings. The molecule has 35 heavy (non-hydrogen) atoms. The lowest BCUT2D eigenvalue weighted by Gasteiger charge is -2.21. The highest BCUT2D eigenvalue weighted by atomic mass is 19.4. The molecule has 1 atom stereocenters. The zero-order valence-electron chi connectivity index (χ0n) is 19.4.